The second kappa shape index (κ2) is 11.1. The van der Waals surface area contributed by atoms with Crippen LogP contribution in [0.1, 0.15) is 43.4 Å². The van der Waals surface area contributed by atoms with Crippen molar-refractivity contribution >= 4 is 15.9 Å². The minimum absolute atomic E-state index is 0.00426. The van der Waals surface area contributed by atoms with Crippen LogP contribution in [-0.2, 0) is 27.9 Å². The number of benzene rings is 2. The molecule has 0 atom stereocenters. The fraction of sp³-hybridized carbons (Fsp3) is 0.480. The summed E-state index contributed by atoms with van der Waals surface area (Å²) in [5.41, 5.74) is 3.37. The summed E-state index contributed by atoms with van der Waals surface area (Å²) in [6.07, 6.45) is 1.08. The smallest absolute Gasteiger partial charge is 0.243 e. The van der Waals surface area contributed by atoms with Gasteiger partial charge in [0, 0.05) is 32.1 Å². The molecule has 0 radical (unpaired) electrons. The molecule has 0 aromatic heterocycles. The first-order valence-corrected chi connectivity index (χ1v) is 12.9. The highest BCUT2D eigenvalue weighted by Crippen LogP contribution is 2.24. The topological polar surface area (TPSA) is 69.7 Å². The van der Waals surface area contributed by atoms with E-state index >= 15 is 0 Å². The summed E-state index contributed by atoms with van der Waals surface area (Å²) in [5, 5.41) is 3.03. The van der Waals surface area contributed by atoms with Crippen LogP contribution < -0.4 is 5.32 Å². The van der Waals surface area contributed by atoms with E-state index in [4.69, 9.17) is 0 Å². The number of hydrogen-bond donors (Lipinski definition) is 1. The summed E-state index contributed by atoms with van der Waals surface area (Å²) in [7, 11) is -3.50. The highest BCUT2D eigenvalue weighted by molar-refractivity contribution is 7.89. The van der Waals surface area contributed by atoms with E-state index in [1.165, 1.54) is 9.87 Å². The van der Waals surface area contributed by atoms with Crippen molar-refractivity contribution in [1.82, 2.24) is 14.5 Å². The molecule has 2 aromatic carbocycles. The van der Waals surface area contributed by atoms with Crippen molar-refractivity contribution in [1.29, 1.82) is 0 Å². The van der Waals surface area contributed by atoms with Crippen LogP contribution in [0.15, 0.2) is 53.4 Å². The molecule has 0 saturated carbocycles. The summed E-state index contributed by atoms with van der Waals surface area (Å²) in [5.74, 6) is -0.147. The first-order valence-electron chi connectivity index (χ1n) is 11.5. The number of nitrogens with one attached hydrogen (secondary N) is 1. The van der Waals surface area contributed by atoms with Crippen LogP contribution in [0.4, 0.5) is 0 Å². The Bertz CT molecular complexity index is 976. The second-order valence-corrected chi connectivity index (χ2v) is 10.4. The highest BCUT2D eigenvalue weighted by Gasteiger charge is 2.31. The third-order valence-corrected chi connectivity index (χ3v) is 8.19. The first-order chi connectivity index (χ1) is 15.3. The molecule has 1 aliphatic heterocycles. The third kappa shape index (κ3) is 6.18. The molecule has 1 heterocycles. The Kier molecular flexibility index (Phi) is 8.45. The summed E-state index contributed by atoms with van der Waals surface area (Å²) < 4.78 is 27.2. The van der Waals surface area contributed by atoms with Crippen LogP contribution in [0.25, 0.3) is 0 Å². The van der Waals surface area contributed by atoms with Crippen molar-refractivity contribution in [3.63, 3.8) is 0 Å². The maximum Gasteiger partial charge on any atom is 0.243 e. The predicted octanol–water partition coefficient (Wildman–Crippen LogP) is 3.55. The average molecular weight is 458 g/mol. The van der Waals surface area contributed by atoms with Gasteiger partial charge in [-0.3, -0.25) is 9.69 Å². The Labute approximate surface area is 192 Å². The zero-order valence-corrected chi connectivity index (χ0v) is 20.2. The van der Waals surface area contributed by atoms with E-state index in [2.05, 4.69) is 48.3 Å². The normalized spacial score (nSPS) is 15.8. The molecule has 3 rings (SSSR count). The van der Waals surface area contributed by atoms with Gasteiger partial charge in [-0.15, -0.1) is 0 Å². The SMILES string of the molecule is CCN(CC)Cc1ccc(CNC(=O)C2CCN(S(=O)(=O)c3ccc(C)cc3)CC2)cc1. The second-order valence-electron chi connectivity index (χ2n) is 8.49. The number of hydrogen-bond acceptors (Lipinski definition) is 4. The minimum atomic E-state index is -3.50. The van der Waals surface area contributed by atoms with E-state index in [1.54, 1.807) is 12.1 Å². The molecule has 32 heavy (non-hydrogen) atoms. The molecule has 0 aliphatic carbocycles. The van der Waals surface area contributed by atoms with Crippen LogP contribution in [0.3, 0.4) is 0 Å². The molecular formula is C25H35N3O3S. The van der Waals surface area contributed by atoms with Crippen LogP contribution in [0, 0.1) is 12.8 Å². The molecular weight excluding hydrogens is 422 g/mol. The van der Waals surface area contributed by atoms with Gasteiger partial charge in [0.1, 0.15) is 0 Å². The van der Waals surface area contributed by atoms with Gasteiger partial charge in [-0.05, 0) is 56.1 Å². The molecule has 6 nitrogen and oxygen atoms in total. The van der Waals surface area contributed by atoms with Gasteiger partial charge < -0.3 is 5.32 Å². The molecule has 0 spiro atoms. The highest BCUT2D eigenvalue weighted by atomic mass is 32.2. The van der Waals surface area contributed by atoms with E-state index in [1.807, 2.05) is 19.1 Å². The zero-order valence-electron chi connectivity index (χ0n) is 19.4. The number of piperidine rings is 1. The van der Waals surface area contributed by atoms with E-state index in [-0.39, 0.29) is 11.8 Å². The lowest BCUT2D eigenvalue weighted by atomic mass is 9.97. The molecule has 0 bridgehead atoms. The number of rotatable bonds is 9. The molecule has 2 aromatic rings. The number of carbonyl (C=O) groups is 1. The molecule has 7 heteroatoms. The molecule has 1 aliphatic rings. The maximum atomic E-state index is 12.8. The maximum absolute atomic E-state index is 12.8. The van der Waals surface area contributed by atoms with Gasteiger partial charge in [-0.1, -0.05) is 55.8 Å². The summed E-state index contributed by atoms with van der Waals surface area (Å²) >= 11 is 0. The fourth-order valence-electron chi connectivity index (χ4n) is 4.02. The van der Waals surface area contributed by atoms with Crippen molar-refractivity contribution in [2.24, 2.45) is 5.92 Å². The van der Waals surface area contributed by atoms with Crippen molar-refractivity contribution in [3.05, 3.63) is 65.2 Å². The Morgan fingerprint density at radius 1 is 0.969 bits per heavy atom. The predicted molar refractivity (Wildman–Crippen MR) is 128 cm³/mol. The molecule has 1 amide bonds. The van der Waals surface area contributed by atoms with Crippen molar-refractivity contribution in [2.75, 3.05) is 26.2 Å². The van der Waals surface area contributed by atoms with Gasteiger partial charge in [-0.25, -0.2) is 8.42 Å². The zero-order chi connectivity index (χ0) is 23.1. The lowest BCUT2D eigenvalue weighted by Crippen LogP contribution is -2.42. The monoisotopic (exact) mass is 457 g/mol. The molecule has 0 unspecified atom stereocenters. The summed E-state index contributed by atoms with van der Waals surface area (Å²) in [4.78, 5) is 15.3. The van der Waals surface area contributed by atoms with E-state index < -0.39 is 10.0 Å². The quantitative estimate of drug-likeness (QED) is 0.625. The van der Waals surface area contributed by atoms with Gasteiger partial charge in [0.05, 0.1) is 4.90 Å². The molecule has 1 N–H and O–H groups in total. The van der Waals surface area contributed by atoms with Crippen molar-refractivity contribution in [3.8, 4) is 0 Å². The average Bonchev–Trinajstić information content (AvgIpc) is 2.82. The van der Waals surface area contributed by atoms with Gasteiger partial charge in [0.2, 0.25) is 15.9 Å². The van der Waals surface area contributed by atoms with Gasteiger partial charge >= 0.3 is 0 Å². The first kappa shape index (κ1) is 24.4. The van der Waals surface area contributed by atoms with E-state index in [9.17, 15) is 13.2 Å². The molecule has 1 saturated heterocycles. The van der Waals surface area contributed by atoms with Gasteiger partial charge in [0.25, 0.3) is 0 Å². The van der Waals surface area contributed by atoms with Gasteiger partial charge in [0.15, 0.2) is 0 Å². The molecule has 1 fully saturated rings. The lowest BCUT2D eigenvalue weighted by molar-refractivity contribution is -0.126. The van der Waals surface area contributed by atoms with Crippen LogP contribution in [0.5, 0.6) is 0 Å². The number of nitrogens with zero attached hydrogens (tertiary/aromatic N) is 2. The lowest BCUT2D eigenvalue weighted by Gasteiger charge is -2.30. The fourth-order valence-corrected chi connectivity index (χ4v) is 5.49. The third-order valence-electron chi connectivity index (χ3n) is 6.27. The number of sulfonamides is 1. The van der Waals surface area contributed by atoms with E-state index in [0.717, 1.165) is 30.8 Å². The van der Waals surface area contributed by atoms with E-state index in [0.29, 0.717) is 37.4 Å². The van der Waals surface area contributed by atoms with Gasteiger partial charge in [-0.2, -0.15) is 4.31 Å². The standard InChI is InChI=1S/C25H35N3O3S/c1-4-27(5-2)19-22-10-8-21(9-11-22)18-26-25(29)23-14-16-28(17-15-23)32(30,31)24-12-6-20(3)7-13-24/h6-13,23H,4-5,14-19H2,1-3H3,(H,26,29). The number of carbonyl (C=O) groups excluding carboxylic acids is 1. The summed E-state index contributed by atoms with van der Waals surface area (Å²) in [6, 6.07) is 15.3. The Morgan fingerprint density at radius 3 is 2.09 bits per heavy atom. The Hall–Kier alpha value is -2.22. The minimum Gasteiger partial charge on any atom is -0.352 e. The van der Waals surface area contributed by atoms with Crippen molar-refractivity contribution in [2.45, 2.75) is 51.6 Å². The number of amides is 1. The van der Waals surface area contributed by atoms with Crippen LogP contribution in [0.2, 0.25) is 0 Å². The Balaban J connectivity index is 1.48. The van der Waals surface area contributed by atoms with Crippen LogP contribution >= 0.6 is 0 Å². The molecule has 174 valence electrons. The number of aryl methyl sites for hydroxylation is 1. The summed E-state index contributed by atoms with van der Waals surface area (Å²) in [6.45, 7) is 10.5. The Morgan fingerprint density at radius 2 is 1.53 bits per heavy atom. The van der Waals surface area contributed by atoms with Crippen LogP contribution in [-0.4, -0.2) is 49.7 Å². The largest absolute Gasteiger partial charge is 0.352 e. The van der Waals surface area contributed by atoms with Crippen molar-refractivity contribution < 1.29 is 13.2 Å².